The van der Waals surface area contributed by atoms with E-state index in [-0.39, 0.29) is 17.7 Å². The largest absolute Gasteiger partial charge is 0.467 e. The van der Waals surface area contributed by atoms with Gasteiger partial charge < -0.3 is 14.2 Å². The summed E-state index contributed by atoms with van der Waals surface area (Å²) in [5, 5.41) is 3.10. The highest BCUT2D eigenvalue weighted by Gasteiger charge is 2.38. The average Bonchev–Trinajstić information content (AvgIpc) is 3.49. The summed E-state index contributed by atoms with van der Waals surface area (Å²) >= 11 is 3.51. The van der Waals surface area contributed by atoms with Gasteiger partial charge in [-0.15, -0.1) is 0 Å². The Bertz CT molecular complexity index is 963. The van der Waals surface area contributed by atoms with Crippen molar-refractivity contribution in [1.82, 2.24) is 5.32 Å². The van der Waals surface area contributed by atoms with Crippen molar-refractivity contribution in [3.63, 3.8) is 0 Å². The lowest BCUT2D eigenvalue weighted by atomic mass is 10.1. The molecule has 4 rings (SSSR count). The van der Waals surface area contributed by atoms with Crippen LogP contribution in [0.1, 0.15) is 48.0 Å². The van der Waals surface area contributed by atoms with Gasteiger partial charge in [0.2, 0.25) is 0 Å². The summed E-state index contributed by atoms with van der Waals surface area (Å²) in [6.07, 6.45) is 7.01. The number of anilines is 1. The summed E-state index contributed by atoms with van der Waals surface area (Å²) in [7, 11) is 0. The monoisotopic (exact) mass is 456 g/mol. The van der Waals surface area contributed by atoms with E-state index >= 15 is 0 Å². The fraction of sp³-hybridized carbons (Fsp3) is 0.273. The van der Waals surface area contributed by atoms with Crippen LogP contribution in [0.25, 0.3) is 0 Å². The molecule has 0 saturated heterocycles. The van der Waals surface area contributed by atoms with E-state index in [4.69, 9.17) is 8.83 Å². The smallest absolute Gasteiger partial charge is 0.295 e. The molecular formula is C22H21BrN2O4. The zero-order valence-corrected chi connectivity index (χ0v) is 17.3. The van der Waals surface area contributed by atoms with Crippen LogP contribution in [0.4, 0.5) is 5.69 Å². The van der Waals surface area contributed by atoms with Crippen LogP contribution in [0.2, 0.25) is 0 Å². The zero-order valence-electron chi connectivity index (χ0n) is 15.7. The molecule has 1 saturated carbocycles. The molecule has 150 valence electrons. The molecule has 0 spiro atoms. The molecule has 1 aliphatic carbocycles. The molecule has 2 amide bonds. The van der Waals surface area contributed by atoms with Crippen LogP contribution in [-0.4, -0.2) is 17.9 Å². The van der Waals surface area contributed by atoms with Crippen molar-refractivity contribution in [2.75, 3.05) is 4.90 Å². The van der Waals surface area contributed by atoms with E-state index in [2.05, 4.69) is 21.2 Å². The molecule has 2 aromatic heterocycles. The standard InChI is InChI=1S/C22H21BrN2O4/c23-16-9-3-4-10-17(16)25(22(27)19-12-6-14-29-19)20(18-11-5-13-28-18)21(26)24-15-7-1-2-8-15/h3-6,9-15,20H,1-2,7-8H2,(H,24,26). The molecule has 0 bridgehead atoms. The van der Waals surface area contributed by atoms with Gasteiger partial charge in [-0.3, -0.25) is 14.5 Å². The minimum absolute atomic E-state index is 0.111. The highest BCUT2D eigenvalue weighted by molar-refractivity contribution is 9.10. The maximum absolute atomic E-state index is 13.4. The van der Waals surface area contributed by atoms with E-state index in [1.54, 1.807) is 30.3 Å². The van der Waals surface area contributed by atoms with Gasteiger partial charge in [0.05, 0.1) is 18.2 Å². The van der Waals surface area contributed by atoms with Crippen molar-refractivity contribution >= 4 is 33.4 Å². The summed E-state index contributed by atoms with van der Waals surface area (Å²) in [5.41, 5.74) is 0.553. The van der Waals surface area contributed by atoms with Gasteiger partial charge >= 0.3 is 0 Å². The number of furan rings is 2. The number of carbonyl (C=O) groups excluding carboxylic acids is 2. The van der Waals surface area contributed by atoms with E-state index < -0.39 is 11.9 Å². The van der Waals surface area contributed by atoms with Gasteiger partial charge in [0.15, 0.2) is 11.8 Å². The SMILES string of the molecule is O=C(NC1CCCC1)C(c1ccco1)N(C(=O)c1ccco1)c1ccccc1Br. The normalized spacial score (nSPS) is 15.2. The fourth-order valence-corrected chi connectivity index (χ4v) is 4.18. The number of hydrogen-bond acceptors (Lipinski definition) is 4. The van der Waals surface area contributed by atoms with E-state index in [9.17, 15) is 9.59 Å². The topological polar surface area (TPSA) is 75.7 Å². The predicted octanol–water partition coefficient (Wildman–Crippen LogP) is 5.08. The summed E-state index contributed by atoms with van der Waals surface area (Å²) in [6.45, 7) is 0. The van der Waals surface area contributed by atoms with Gasteiger partial charge in [0.1, 0.15) is 5.76 Å². The number of nitrogens with one attached hydrogen (secondary N) is 1. The van der Waals surface area contributed by atoms with Crippen LogP contribution in [0.3, 0.4) is 0 Å². The molecular weight excluding hydrogens is 436 g/mol. The molecule has 1 N–H and O–H groups in total. The van der Waals surface area contributed by atoms with Crippen molar-refractivity contribution in [3.05, 3.63) is 77.1 Å². The Hall–Kier alpha value is -2.80. The van der Waals surface area contributed by atoms with Crippen LogP contribution < -0.4 is 10.2 Å². The van der Waals surface area contributed by atoms with Crippen LogP contribution >= 0.6 is 15.9 Å². The second kappa shape index (κ2) is 8.69. The van der Waals surface area contributed by atoms with Crippen LogP contribution in [-0.2, 0) is 4.79 Å². The third-order valence-corrected chi connectivity index (χ3v) is 5.75. The zero-order chi connectivity index (χ0) is 20.2. The van der Waals surface area contributed by atoms with Gasteiger partial charge in [0.25, 0.3) is 11.8 Å². The number of para-hydroxylation sites is 1. The van der Waals surface area contributed by atoms with Gasteiger partial charge in [-0.2, -0.15) is 0 Å². The highest BCUT2D eigenvalue weighted by atomic mass is 79.9. The summed E-state index contributed by atoms with van der Waals surface area (Å²) in [4.78, 5) is 28.2. The molecule has 2 heterocycles. The number of halogens is 1. The Balaban J connectivity index is 1.78. The van der Waals surface area contributed by atoms with Crippen LogP contribution in [0.15, 0.2) is 74.4 Å². The lowest BCUT2D eigenvalue weighted by Crippen LogP contribution is -2.46. The lowest BCUT2D eigenvalue weighted by Gasteiger charge is -2.30. The quantitative estimate of drug-likeness (QED) is 0.560. The lowest BCUT2D eigenvalue weighted by molar-refractivity contribution is -0.123. The number of amides is 2. The minimum atomic E-state index is -0.970. The van der Waals surface area contributed by atoms with Gasteiger partial charge in [0, 0.05) is 10.5 Å². The Morgan fingerprint density at radius 2 is 1.72 bits per heavy atom. The molecule has 1 atom stereocenters. The molecule has 1 aromatic carbocycles. The Morgan fingerprint density at radius 1 is 1.00 bits per heavy atom. The number of benzene rings is 1. The number of nitrogens with zero attached hydrogens (tertiary/aromatic N) is 1. The van der Waals surface area contributed by atoms with Crippen molar-refractivity contribution in [3.8, 4) is 0 Å². The summed E-state index contributed by atoms with van der Waals surface area (Å²) < 4.78 is 11.6. The maximum Gasteiger partial charge on any atom is 0.295 e. The second-order valence-corrected chi connectivity index (χ2v) is 7.87. The molecule has 1 aliphatic rings. The molecule has 29 heavy (non-hydrogen) atoms. The molecule has 3 aromatic rings. The highest BCUT2D eigenvalue weighted by Crippen LogP contribution is 2.35. The van der Waals surface area contributed by atoms with Crippen molar-refractivity contribution < 1.29 is 18.4 Å². The molecule has 0 aliphatic heterocycles. The Morgan fingerprint density at radius 3 is 2.38 bits per heavy atom. The van der Waals surface area contributed by atoms with E-state index in [1.807, 2.05) is 18.2 Å². The molecule has 1 fully saturated rings. The first-order chi connectivity index (χ1) is 14.1. The summed E-state index contributed by atoms with van der Waals surface area (Å²) in [5.74, 6) is -0.172. The third-order valence-electron chi connectivity index (χ3n) is 5.08. The van der Waals surface area contributed by atoms with Crippen molar-refractivity contribution in [2.45, 2.75) is 37.8 Å². The first kappa shape index (κ1) is 19.5. The molecule has 0 radical (unpaired) electrons. The van der Waals surface area contributed by atoms with Crippen molar-refractivity contribution in [1.29, 1.82) is 0 Å². The molecule has 6 nitrogen and oxygen atoms in total. The van der Waals surface area contributed by atoms with Gasteiger partial charge in [-0.25, -0.2) is 0 Å². The fourth-order valence-electron chi connectivity index (χ4n) is 3.70. The first-order valence-corrected chi connectivity index (χ1v) is 10.4. The second-order valence-electron chi connectivity index (χ2n) is 7.01. The van der Waals surface area contributed by atoms with Crippen LogP contribution in [0, 0.1) is 0 Å². The third kappa shape index (κ3) is 4.15. The Kier molecular flexibility index (Phi) is 5.85. The van der Waals surface area contributed by atoms with E-state index in [1.165, 1.54) is 17.4 Å². The number of rotatable bonds is 6. The molecule has 1 unspecified atom stereocenters. The van der Waals surface area contributed by atoms with Gasteiger partial charge in [-0.05, 0) is 65.2 Å². The predicted molar refractivity (Wildman–Crippen MR) is 112 cm³/mol. The van der Waals surface area contributed by atoms with Crippen molar-refractivity contribution in [2.24, 2.45) is 0 Å². The van der Waals surface area contributed by atoms with E-state index in [0.29, 0.717) is 15.9 Å². The average molecular weight is 457 g/mol. The molecule has 7 heteroatoms. The summed E-state index contributed by atoms with van der Waals surface area (Å²) in [6, 6.07) is 13.1. The minimum Gasteiger partial charge on any atom is -0.467 e. The first-order valence-electron chi connectivity index (χ1n) is 9.60. The number of hydrogen-bond donors (Lipinski definition) is 1. The Labute approximate surface area is 177 Å². The number of carbonyl (C=O) groups is 2. The van der Waals surface area contributed by atoms with E-state index in [0.717, 1.165) is 25.7 Å². The maximum atomic E-state index is 13.4. The van der Waals surface area contributed by atoms with Gasteiger partial charge in [-0.1, -0.05) is 25.0 Å². The van der Waals surface area contributed by atoms with Crippen LogP contribution in [0.5, 0.6) is 0 Å².